The average molecular weight is 573 g/mol. The molecule has 0 aromatic heterocycles. The van der Waals surface area contributed by atoms with Gasteiger partial charge in [-0.1, -0.05) is 90.4 Å². The number of allylic oxidation sites excluding steroid dienone is 1. The van der Waals surface area contributed by atoms with Crippen LogP contribution < -0.4 is 0 Å². The molecule has 4 saturated carbocycles. The molecule has 0 amide bonds. The molecule has 4 fully saturated rings. The average Bonchev–Trinajstić information content (AvgIpc) is 2.93. The Kier molecular flexibility index (Phi) is 7.05. The van der Waals surface area contributed by atoms with Gasteiger partial charge in [0, 0.05) is 17.4 Å². The second kappa shape index (κ2) is 9.82. The zero-order chi connectivity index (χ0) is 30.3. The number of carbonyl (C=O) groups is 1. The topological polar surface area (TPSA) is 46.5 Å². The Balaban J connectivity index is 1.28. The van der Waals surface area contributed by atoms with E-state index in [4.69, 9.17) is 4.74 Å². The van der Waals surface area contributed by atoms with Crippen molar-refractivity contribution < 1.29 is 14.6 Å². The third-order valence-corrected chi connectivity index (χ3v) is 14.9. The molecule has 0 heterocycles. The Morgan fingerprint density at radius 3 is 2.31 bits per heavy atom. The standard InChI is InChI=1S/C39H56O3/c1-26-18-21-35(4)24-25-37(6)28(33(35)39(26,8)41)15-16-30-36(5)22-20-31(34(2,3)29(36)19-23-38(30,37)7)42-32(40)17-14-27-12-10-9-11-13-27/h9-15,17,26,29-31,33,41H,16,18-25H2,1-8H3/t26-,29?,30-,31?,33+,35-,36+,37-,38-,39-/m1/s1. The maximum absolute atomic E-state index is 13.0. The lowest BCUT2D eigenvalue weighted by atomic mass is 9.33. The van der Waals surface area contributed by atoms with Crippen molar-refractivity contribution >= 4 is 12.0 Å². The fourth-order valence-electron chi connectivity index (χ4n) is 12.0. The predicted octanol–water partition coefficient (Wildman–Crippen LogP) is 9.40. The van der Waals surface area contributed by atoms with Crippen molar-refractivity contribution in [3.8, 4) is 0 Å². The fraction of sp³-hybridized carbons (Fsp3) is 0.718. The summed E-state index contributed by atoms with van der Waals surface area (Å²) in [5.74, 6) is 1.47. The van der Waals surface area contributed by atoms with Gasteiger partial charge in [0.2, 0.25) is 0 Å². The number of esters is 1. The van der Waals surface area contributed by atoms with E-state index in [-0.39, 0.29) is 45.1 Å². The molecule has 2 unspecified atom stereocenters. The molecule has 1 aromatic carbocycles. The summed E-state index contributed by atoms with van der Waals surface area (Å²) in [7, 11) is 0. The van der Waals surface area contributed by atoms with Gasteiger partial charge in [-0.3, -0.25) is 0 Å². The number of benzene rings is 1. The summed E-state index contributed by atoms with van der Waals surface area (Å²) < 4.78 is 6.23. The van der Waals surface area contributed by atoms with Gasteiger partial charge in [0.15, 0.2) is 0 Å². The molecule has 1 N–H and O–H groups in total. The SMILES string of the molecule is C[C@@H]1CC[C@]2(C)CC[C@]3(C)C(=CC[C@@H]4[C@@]5(C)CCC(OC(=O)C=Cc6ccccc6)C(C)(C)C5CC[C@]43C)[C@@H]2[C@]1(C)O. The minimum atomic E-state index is -0.649. The van der Waals surface area contributed by atoms with Gasteiger partial charge < -0.3 is 9.84 Å². The smallest absolute Gasteiger partial charge is 0.331 e. The molecule has 0 radical (unpaired) electrons. The van der Waals surface area contributed by atoms with Gasteiger partial charge in [-0.15, -0.1) is 0 Å². The number of rotatable bonds is 3. The molecular weight excluding hydrogens is 516 g/mol. The maximum atomic E-state index is 13.0. The Hall–Kier alpha value is -1.87. The Bertz CT molecular complexity index is 1270. The lowest BCUT2D eigenvalue weighted by molar-refractivity contribution is -0.217. The Morgan fingerprint density at radius 1 is 0.881 bits per heavy atom. The van der Waals surface area contributed by atoms with Gasteiger partial charge in [0.25, 0.3) is 0 Å². The van der Waals surface area contributed by atoms with Gasteiger partial charge in [0.1, 0.15) is 6.10 Å². The molecule has 0 saturated heterocycles. The van der Waals surface area contributed by atoms with Crippen molar-refractivity contribution in [3.63, 3.8) is 0 Å². The van der Waals surface area contributed by atoms with Crippen molar-refractivity contribution in [1.82, 2.24) is 0 Å². The van der Waals surface area contributed by atoms with E-state index in [1.165, 1.54) is 32.1 Å². The normalized spacial score (nSPS) is 47.8. The number of fused-ring (bicyclic) bond motifs is 7. The number of carbonyl (C=O) groups excluding carboxylic acids is 1. The molecule has 42 heavy (non-hydrogen) atoms. The molecule has 3 heteroatoms. The highest BCUT2D eigenvalue weighted by atomic mass is 16.5. The van der Waals surface area contributed by atoms with Crippen LogP contribution in [0.4, 0.5) is 0 Å². The summed E-state index contributed by atoms with van der Waals surface area (Å²) in [6, 6.07) is 9.97. The highest BCUT2D eigenvalue weighted by Gasteiger charge is 2.69. The lowest BCUT2D eigenvalue weighted by Crippen LogP contribution is -2.66. The summed E-state index contributed by atoms with van der Waals surface area (Å²) in [6.45, 7) is 19.4. The molecule has 6 rings (SSSR count). The molecule has 1 aromatic rings. The molecule has 0 spiro atoms. The van der Waals surface area contributed by atoms with Crippen LogP contribution in [0, 0.1) is 50.7 Å². The molecule has 3 nitrogen and oxygen atoms in total. The van der Waals surface area contributed by atoms with Gasteiger partial charge in [-0.2, -0.15) is 0 Å². The number of ether oxygens (including phenoxy) is 1. The van der Waals surface area contributed by atoms with E-state index >= 15 is 0 Å². The third kappa shape index (κ3) is 4.18. The van der Waals surface area contributed by atoms with Crippen LogP contribution in [0.5, 0.6) is 0 Å². The van der Waals surface area contributed by atoms with E-state index in [0.29, 0.717) is 17.8 Å². The lowest BCUT2D eigenvalue weighted by Gasteiger charge is -2.72. The zero-order valence-electron chi connectivity index (χ0n) is 27.6. The molecule has 5 aliphatic carbocycles. The summed E-state index contributed by atoms with van der Waals surface area (Å²) >= 11 is 0. The Labute approximate surface area is 255 Å². The summed E-state index contributed by atoms with van der Waals surface area (Å²) in [4.78, 5) is 13.0. The largest absolute Gasteiger partial charge is 0.459 e. The van der Waals surface area contributed by atoms with Crippen LogP contribution in [0.1, 0.15) is 119 Å². The zero-order valence-corrected chi connectivity index (χ0v) is 27.6. The number of aliphatic hydroxyl groups is 1. The molecule has 230 valence electrons. The first-order chi connectivity index (χ1) is 19.6. The van der Waals surface area contributed by atoms with Gasteiger partial charge in [-0.25, -0.2) is 4.79 Å². The second-order valence-corrected chi connectivity index (χ2v) is 17.1. The fourth-order valence-corrected chi connectivity index (χ4v) is 12.0. The number of hydrogen-bond donors (Lipinski definition) is 1. The minimum Gasteiger partial charge on any atom is -0.459 e. The van der Waals surface area contributed by atoms with Crippen molar-refractivity contribution in [1.29, 1.82) is 0 Å². The van der Waals surface area contributed by atoms with Crippen LogP contribution >= 0.6 is 0 Å². The van der Waals surface area contributed by atoms with Crippen molar-refractivity contribution in [2.75, 3.05) is 0 Å². The molecule has 5 aliphatic rings. The predicted molar refractivity (Wildman–Crippen MR) is 171 cm³/mol. The van der Waals surface area contributed by atoms with Crippen molar-refractivity contribution in [3.05, 3.63) is 53.6 Å². The summed E-state index contributed by atoms with van der Waals surface area (Å²) in [5.41, 5.74) is 2.61. The first kappa shape index (κ1) is 30.2. The molecular formula is C39H56O3. The molecule has 0 aliphatic heterocycles. The van der Waals surface area contributed by atoms with E-state index in [1.807, 2.05) is 36.4 Å². The van der Waals surface area contributed by atoms with Crippen LogP contribution in [-0.4, -0.2) is 22.8 Å². The van der Waals surface area contributed by atoms with E-state index in [9.17, 15) is 9.90 Å². The van der Waals surface area contributed by atoms with Gasteiger partial charge >= 0.3 is 5.97 Å². The van der Waals surface area contributed by atoms with E-state index in [0.717, 1.165) is 31.2 Å². The highest BCUT2D eigenvalue weighted by Crippen LogP contribution is 2.76. The van der Waals surface area contributed by atoms with Crippen LogP contribution in [0.15, 0.2) is 48.1 Å². The van der Waals surface area contributed by atoms with E-state index in [2.05, 4.69) is 61.5 Å². The molecule has 0 bridgehead atoms. The number of hydrogen-bond acceptors (Lipinski definition) is 3. The maximum Gasteiger partial charge on any atom is 0.331 e. The summed E-state index contributed by atoms with van der Waals surface area (Å²) in [5, 5.41) is 12.1. The van der Waals surface area contributed by atoms with Crippen LogP contribution in [0.25, 0.3) is 6.08 Å². The minimum absolute atomic E-state index is 0.0626. The first-order valence-corrected chi connectivity index (χ1v) is 17.0. The quantitative estimate of drug-likeness (QED) is 0.223. The van der Waals surface area contributed by atoms with Crippen LogP contribution in [0.2, 0.25) is 0 Å². The van der Waals surface area contributed by atoms with Crippen LogP contribution in [-0.2, 0) is 9.53 Å². The van der Waals surface area contributed by atoms with Crippen LogP contribution in [0.3, 0.4) is 0 Å². The first-order valence-electron chi connectivity index (χ1n) is 17.0. The molecule has 10 atom stereocenters. The summed E-state index contributed by atoms with van der Waals surface area (Å²) in [6.07, 6.45) is 16.4. The second-order valence-electron chi connectivity index (χ2n) is 17.1. The Morgan fingerprint density at radius 2 is 1.60 bits per heavy atom. The van der Waals surface area contributed by atoms with E-state index < -0.39 is 5.60 Å². The highest BCUT2D eigenvalue weighted by molar-refractivity contribution is 5.87. The monoisotopic (exact) mass is 572 g/mol. The van der Waals surface area contributed by atoms with Crippen molar-refractivity contribution in [2.45, 2.75) is 125 Å². The van der Waals surface area contributed by atoms with Gasteiger partial charge in [0.05, 0.1) is 5.60 Å². The van der Waals surface area contributed by atoms with Crippen molar-refractivity contribution in [2.24, 2.45) is 50.7 Å². The third-order valence-electron chi connectivity index (χ3n) is 14.9. The van der Waals surface area contributed by atoms with Gasteiger partial charge in [-0.05, 0) is 116 Å². The van der Waals surface area contributed by atoms with E-state index in [1.54, 1.807) is 11.6 Å².